The van der Waals surface area contributed by atoms with Crippen LogP contribution in [0.1, 0.15) is 36.8 Å². The maximum Gasteiger partial charge on any atom is 0.428 e. The first-order chi connectivity index (χ1) is 18.1. The maximum atomic E-state index is 12.8. The number of carboxylic acid groups (broad SMARTS) is 1. The molecule has 1 aliphatic heterocycles. The third-order valence-corrected chi connectivity index (χ3v) is 7.45. The summed E-state index contributed by atoms with van der Waals surface area (Å²) in [5, 5.41) is 13.1. The molecule has 7 nitrogen and oxygen atoms in total. The van der Waals surface area contributed by atoms with Crippen LogP contribution in [-0.4, -0.2) is 51.1 Å². The van der Waals surface area contributed by atoms with Crippen LogP contribution < -0.4 is 4.74 Å². The molecular weight excluding hydrogens is 530 g/mol. The second-order valence-electron chi connectivity index (χ2n) is 9.60. The molecule has 2 heterocycles. The highest BCUT2D eigenvalue weighted by Gasteiger charge is 2.42. The molecule has 0 amide bonds. The van der Waals surface area contributed by atoms with E-state index in [4.69, 9.17) is 20.9 Å². The number of carboxylic acids is 1. The van der Waals surface area contributed by atoms with Gasteiger partial charge in [0, 0.05) is 30.3 Å². The number of hydrogen-bond donors (Lipinski definition) is 1. The van der Waals surface area contributed by atoms with Gasteiger partial charge in [-0.2, -0.15) is 18.2 Å². The number of aliphatic carboxylic acids is 1. The van der Waals surface area contributed by atoms with E-state index in [-0.39, 0.29) is 22.6 Å². The molecule has 1 aliphatic carbocycles. The molecule has 0 spiro atoms. The molecule has 0 bridgehead atoms. The van der Waals surface area contributed by atoms with Gasteiger partial charge in [0.1, 0.15) is 12.4 Å². The fourth-order valence-electron chi connectivity index (χ4n) is 5.03. The average Bonchev–Trinajstić information content (AvgIpc) is 3.54. The summed E-state index contributed by atoms with van der Waals surface area (Å²) in [5.41, 5.74) is 3.46. The van der Waals surface area contributed by atoms with Gasteiger partial charge in [0.2, 0.25) is 11.9 Å². The van der Waals surface area contributed by atoms with Crippen molar-refractivity contribution < 1.29 is 36.7 Å². The quantitative estimate of drug-likeness (QED) is 0.344. The van der Waals surface area contributed by atoms with Crippen LogP contribution in [-0.2, 0) is 17.9 Å². The van der Waals surface area contributed by atoms with Crippen LogP contribution in [0.2, 0.25) is 5.02 Å². The van der Waals surface area contributed by atoms with E-state index in [9.17, 15) is 27.5 Å². The van der Waals surface area contributed by atoms with E-state index in [1.54, 1.807) is 0 Å². The van der Waals surface area contributed by atoms with Crippen molar-refractivity contribution in [3.63, 3.8) is 0 Å². The second kappa shape index (κ2) is 10.5. The SMILES string of the molecule is O=C(O)C1CCC(N2Cc3ccc(-c4noc(-c5ccc(OC(CF)C(F)(F)F)c(Cl)c5)n4)cc3C2)CC1. The minimum Gasteiger partial charge on any atom is -0.481 e. The van der Waals surface area contributed by atoms with Crippen molar-refractivity contribution in [2.45, 2.75) is 57.1 Å². The first-order valence-corrected chi connectivity index (χ1v) is 12.5. The number of carbonyl (C=O) groups is 1. The van der Waals surface area contributed by atoms with Gasteiger partial charge >= 0.3 is 12.1 Å². The summed E-state index contributed by atoms with van der Waals surface area (Å²) in [6, 6.07) is 10.2. The molecule has 0 saturated heterocycles. The van der Waals surface area contributed by atoms with Gasteiger partial charge in [0.25, 0.3) is 5.89 Å². The Hall–Kier alpha value is -3.18. The zero-order valence-electron chi connectivity index (χ0n) is 20.0. The van der Waals surface area contributed by atoms with E-state index in [2.05, 4.69) is 15.0 Å². The fourth-order valence-corrected chi connectivity index (χ4v) is 5.26. The van der Waals surface area contributed by atoms with Crippen LogP contribution in [0.5, 0.6) is 5.75 Å². The van der Waals surface area contributed by atoms with E-state index in [0.29, 0.717) is 30.3 Å². The first-order valence-electron chi connectivity index (χ1n) is 12.1. The summed E-state index contributed by atoms with van der Waals surface area (Å²) in [4.78, 5) is 18.0. The Morgan fingerprint density at radius 2 is 1.82 bits per heavy atom. The highest BCUT2D eigenvalue weighted by atomic mass is 35.5. The maximum absolute atomic E-state index is 12.8. The molecule has 38 heavy (non-hydrogen) atoms. The van der Waals surface area contributed by atoms with Crippen LogP contribution in [0.25, 0.3) is 22.8 Å². The number of nitrogens with zero attached hydrogens (tertiary/aromatic N) is 3. The van der Waals surface area contributed by atoms with Crippen LogP contribution in [0.4, 0.5) is 17.6 Å². The van der Waals surface area contributed by atoms with Gasteiger partial charge in [0.15, 0.2) is 0 Å². The molecule has 2 aromatic carbocycles. The minimum atomic E-state index is -4.87. The third-order valence-electron chi connectivity index (χ3n) is 7.15. The number of fused-ring (bicyclic) bond motifs is 1. The van der Waals surface area contributed by atoms with Crippen molar-refractivity contribution in [2.75, 3.05) is 6.67 Å². The molecule has 1 N–H and O–H groups in total. The Morgan fingerprint density at radius 3 is 2.47 bits per heavy atom. The number of ether oxygens (including phenoxy) is 1. The van der Waals surface area contributed by atoms with Gasteiger partial charge < -0.3 is 14.4 Å². The van der Waals surface area contributed by atoms with Gasteiger partial charge in [0.05, 0.1) is 10.9 Å². The molecule has 12 heteroatoms. The lowest BCUT2D eigenvalue weighted by atomic mass is 9.85. The molecule has 1 atom stereocenters. The number of halogens is 5. The van der Waals surface area contributed by atoms with E-state index in [0.717, 1.165) is 37.1 Å². The molecule has 1 fully saturated rings. The van der Waals surface area contributed by atoms with E-state index < -0.39 is 24.9 Å². The lowest BCUT2D eigenvalue weighted by Crippen LogP contribution is -2.36. The molecule has 2 aliphatic rings. The normalized spacial score (nSPS) is 20.8. The number of benzene rings is 2. The second-order valence-corrected chi connectivity index (χ2v) is 10.0. The van der Waals surface area contributed by atoms with Crippen molar-refractivity contribution in [1.29, 1.82) is 0 Å². The van der Waals surface area contributed by atoms with E-state index in [1.807, 2.05) is 18.2 Å². The van der Waals surface area contributed by atoms with Crippen LogP contribution in [0.3, 0.4) is 0 Å². The van der Waals surface area contributed by atoms with Crippen molar-refractivity contribution in [2.24, 2.45) is 5.92 Å². The summed E-state index contributed by atoms with van der Waals surface area (Å²) < 4.78 is 61.3. The van der Waals surface area contributed by atoms with Crippen molar-refractivity contribution in [1.82, 2.24) is 15.0 Å². The third kappa shape index (κ3) is 5.49. The molecule has 1 unspecified atom stereocenters. The van der Waals surface area contributed by atoms with Crippen molar-refractivity contribution in [3.8, 4) is 28.6 Å². The van der Waals surface area contributed by atoms with Crippen molar-refractivity contribution >= 4 is 17.6 Å². The number of rotatable bonds is 7. The number of alkyl halides is 4. The molecular formula is C26H24ClF4N3O4. The smallest absolute Gasteiger partial charge is 0.428 e. The molecule has 1 aromatic heterocycles. The average molecular weight is 554 g/mol. The predicted molar refractivity (Wildman–Crippen MR) is 129 cm³/mol. The fraction of sp³-hybridized carbons (Fsp3) is 0.423. The lowest BCUT2D eigenvalue weighted by molar-refractivity contribution is -0.198. The van der Waals surface area contributed by atoms with Crippen molar-refractivity contribution in [3.05, 3.63) is 52.5 Å². The number of aromatic nitrogens is 2. The Labute approximate surface area is 220 Å². The molecule has 3 aromatic rings. The highest BCUT2D eigenvalue weighted by Crippen LogP contribution is 2.36. The topological polar surface area (TPSA) is 88.7 Å². The Kier molecular flexibility index (Phi) is 7.32. The van der Waals surface area contributed by atoms with Gasteiger partial charge in [-0.25, -0.2) is 4.39 Å². The summed E-state index contributed by atoms with van der Waals surface area (Å²) in [6.45, 7) is -0.176. The molecule has 1 saturated carbocycles. The Bertz CT molecular complexity index is 1320. The van der Waals surface area contributed by atoms with Crippen LogP contribution in [0, 0.1) is 5.92 Å². The Balaban J connectivity index is 1.27. The first kappa shape index (κ1) is 26.4. The van der Waals surface area contributed by atoms with Gasteiger partial charge in [-0.15, -0.1) is 0 Å². The van der Waals surface area contributed by atoms with E-state index >= 15 is 0 Å². The lowest BCUT2D eigenvalue weighted by Gasteiger charge is -2.33. The standard InChI is InChI=1S/C26H24ClF4N3O4/c27-20-10-16(5-8-21(20)37-22(11-28)26(29,30)31)24-32-23(33-38-24)15-1-2-17-12-34(13-18(17)9-15)19-6-3-14(4-7-19)25(35)36/h1-2,5,8-10,14,19,22H,3-4,6-7,11-13H2,(H,35,36). The van der Waals surface area contributed by atoms with Crippen LogP contribution >= 0.6 is 11.6 Å². The van der Waals surface area contributed by atoms with E-state index in [1.165, 1.54) is 23.8 Å². The summed E-state index contributed by atoms with van der Waals surface area (Å²) >= 11 is 6.08. The monoisotopic (exact) mass is 553 g/mol. The summed E-state index contributed by atoms with van der Waals surface area (Å²) in [7, 11) is 0. The highest BCUT2D eigenvalue weighted by molar-refractivity contribution is 6.32. The minimum absolute atomic E-state index is 0.114. The summed E-state index contributed by atoms with van der Waals surface area (Å²) in [6.07, 6.45) is -4.37. The van der Waals surface area contributed by atoms with Crippen LogP contribution in [0.15, 0.2) is 40.9 Å². The summed E-state index contributed by atoms with van der Waals surface area (Å²) in [5.74, 6) is -0.816. The molecule has 202 valence electrons. The predicted octanol–water partition coefficient (Wildman–Crippen LogP) is 6.30. The molecule has 0 radical (unpaired) electrons. The molecule has 5 rings (SSSR count). The van der Waals surface area contributed by atoms with Gasteiger partial charge in [-0.3, -0.25) is 9.69 Å². The zero-order valence-corrected chi connectivity index (χ0v) is 20.8. The Morgan fingerprint density at radius 1 is 1.11 bits per heavy atom. The van der Waals surface area contributed by atoms with Gasteiger partial charge in [-0.1, -0.05) is 28.9 Å². The largest absolute Gasteiger partial charge is 0.481 e. The zero-order chi connectivity index (χ0) is 27.0. The number of hydrogen-bond acceptors (Lipinski definition) is 6. The van der Waals surface area contributed by atoms with Gasteiger partial charge in [-0.05, 0) is 61.1 Å².